The normalized spacial score (nSPS) is 36.0. The average molecular weight is 253 g/mol. The van der Waals surface area contributed by atoms with E-state index in [0.29, 0.717) is 25.6 Å². The third kappa shape index (κ3) is 2.11. The molecule has 1 N–H and O–H groups in total. The lowest BCUT2D eigenvalue weighted by molar-refractivity contribution is -0.143. The minimum atomic E-state index is -0.755. The number of carboxylic acid groups (broad SMARTS) is 1. The van der Waals surface area contributed by atoms with Gasteiger partial charge in [-0.25, -0.2) is 0 Å². The molecule has 5 nitrogen and oxygen atoms in total. The van der Waals surface area contributed by atoms with Crippen molar-refractivity contribution in [3.05, 3.63) is 0 Å². The molecule has 2 heterocycles. The molecule has 18 heavy (non-hydrogen) atoms. The van der Waals surface area contributed by atoms with E-state index in [-0.39, 0.29) is 23.8 Å². The second-order valence-corrected chi connectivity index (χ2v) is 5.69. The summed E-state index contributed by atoms with van der Waals surface area (Å²) < 4.78 is 5.40. The van der Waals surface area contributed by atoms with Gasteiger partial charge in [-0.15, -0.1) is 0 Å². The van der Waals surface area contributed by atoms with Gasteiger partial charge in [0, 0.05) is 19.7 Å². The Labute approximate surface area is 106 Å². The van der Waals surface area contributed by atoms with Crippen molar-refractivity contribution in [1.29, 1.82) is 0 Å². The fourth-order valence-corrected chi connectivity index (χ4v) is 3.25. The second kappa shape index (κ2) is 4.53. The molecule has 2 aliphatic heterocycles. The zero-order valence-electron chi connectivity index (χ0n) is 10.4. The van der Waals surface area contributed by atoms with E-state index in [4.69, 9.17) is 4.74 Å². The Morgan fingerprint density at radius 1 is 1.17 bits per heavy atom. The van der Waals surface area contributed by atoms with Gasteiger partial charge in [-0.05, 0) is 37.5 Å². The maximum Gasteiger partial charge on any atom is 0.308 e. The molecule has 0 aromatic heterocycles. The predicted molar refractivity (Wildman–Crippen MR) is 62.9 cm³/mol. The van der Waals surface area contributed by atoms with Crippen LogP contribution in [-0.4, -0.2) is 47.7 Å². The van der Waals surface area contributed by atoms with Crippen molar-refractivity contribution in [3.8, 4) is 0 Å². The summed E-state index contributed by atoms with van der Waals surface area (Å²) in [5.74, 6) is -0.444. The van der Waals surface area contributed by atoms with E-state index in [1.54, 1.807) is 4.90 Å². The molecule has 1 unspecified atom stereocenters. The SMILES string of the molecule is O=C(O)[C@H]1CN(C(=O)C2CCCO2)C[C@@H]1C1CC1. The van der Waals surface area contributed by atoms with E-state index < -0.39 is 5.97 Å². The zero-order chi connectivity index (χ0) is 12.7. The largest absolute Gasteiger partial charge is 0.481 e. The van der Waals surface area contributed by atoms with Crippen molar-refractivity contribution in [2.24, 2.45) is 17.8 Å². The van der Waals surface area contributed by atoms with Gasteiger partial charge in [0.15, 0.2) is 0 Å². The van der Waals surface area contributed by atoms with Crippen molar-refractivity contribution in [2.75, 3.05) is 19.7 Å². The van der Waals surface area contributed by atoms with Gasteiger partial charge in [0.2, 0.25) is 0 Å². The van der Waals surface area contributed by atoms with Crippen LogP contribution in [0, 0.1) is 17.8 Å². The van der Waals surface area contributed by atoms with Crippen LogP contribution in [0.25, 0.3) is 0 Å². The Hall–Kier alpha value is -1.10. The van der Waals surface area contributed by atoms with Crippen LogP contribution in [0.5, 0.6) is 0 Å². The molecule has 0 spiro atoms. The highest BCUT2D eigenvalue weighted by molar-refractivity contribution is 5.83. The standard InChI is InChI=1S/C13H19NO4/c15-12(11-2-1-5-18-11)14-6-9(8-3-4-8)10(7-14)13(16)17/h8-11H,1-7H2,(H,16,17)/t9-,10+,11?/m1/s1. The number of hydrogen-bond acceptors (Lipinski definition) is 3. The number of carbonyl (C=O) groups excluding carboxylic acids is 1. The summed E-state index contributed by atoms with van der Waals surface area (Å²) in [4.78, 5) is 25.2. The van der Waals surface area contributed by atoms with Gasteiger partial charge in [-0.3, -0.25) is 9.59 Å². The second-order valence-electron chi connectivity index (χ2n) is 5.69. The van der Waals surface area contributed by atoms with Crippen LogP contribution < -0.4 is 0 Å². The number of aliphatic carboxylic acids is 1. The fraction of sp³-hybridized carbons (Fsp3) is 0.846. The average Bonchev–Trinajstić information content (AvgIpc) is 2.91. The van der Waals surface area contributed by atoms with E-state index in [0.717, 1.165) is 25.7 Å². The lowest BCUT2D eigenvalue weighted by Crippen LogP contribution is -2.38. The van der Waals surface area contributed by atoms with E-state index >= 15 is 0 Å². The maximum atomic E-state index is 12.2. The van der Waals surface area contributed by atoms with E-state index in [2.05, 4.69) is 0 Å². The lowest BCUT2D eigenvalue weighted by Gasteiger charge is -2.19. The molecule has 3 atom stereocenters. The highest BCUT2D eigenvalue weighted by Crippen LogP contribution is 2.44. The molecule has 3 aliphatic rings. The quantitative estimate of drug-likeness (QED) is 0.805. The van der Waals surface area contributed by atoms with Crippen molar-refractivity contribution in [3.63, 3.8) is 0 Å². The Morgan fingerprint density at radius 3 is 2.50 bits per heavy atom. The number of hydrogen-bond donors (Lipinski definition) is 1. The highest BCUT2D eigenvalue weighted by Gasteiger charge is 2.47. The topological polar surface area (TPSA) is 66.8 Å². The Kier molecular flexibility index (Phi) is 3.01. The third-order valence-electron chi connectivity index (χ3n) is 4.43. The number of carboxylic acids is 1. The molecule has 0 aromatic carbocycles. The molecule has 3 fully saturated rings. The van der Waals surface area contributed by atoms with E-state index in [9.17, 15) is 14.7 Å². The monoisotopic (exact) mass is 253 g/mol. The Balaban J connectivity index is 1.67. The van der Waals surface area contributed by atoms with Gasteiger partial charge in [0.05, 0.1) is 5.92 Å². The van der Waals surface area contributed by atoms with Gasteiger partial charge in [0.1, 0.15) is 6.10 Å². The molecule has 1 aliphatic carbocycles. The third-order valence-corrected chi connectivity index (χ3v) is 4.43. The molecule has 0 bridgehead atoms. The summed E-state index contributed by atoms with van der Waals surface area (Å²) in [6.45, 7) is 1.63. The molecule has 5 heteroatoms. The van der Waals surface area contributed by atoms with Crippen molar-refractivity contribution < 1.29 is 19.4 Å². The maximum absolute atomic E-state index is 12.2. The number of ether oxygens (including phenoxy) is 1. The van der Waals surface area contributed by atoms with Gasteiger partial charge in [-0.1, -0.05) is 0 Å². The summed E-state index contributed by atoms with van der Waals surface area (Å²) in [5, 5.41) is 9.26. The van der Waals surface area contributed by atoms with Crippen LogP contribution >= 0.6 is 0 Å². The lowest BCUT2D eigenvalue weighted by atomic mass is 9.92. The van der Waals surface area contributed by atoms with Crippen LogP contribution in [0.3, 0.4) is 0 Å². The summed E-state index contributed by atoms with van der Waals surface area (Å²) in [6.07, 6.45) is 3.63. The first-order valence-corrected chi connectivity index (χ1v) is 6.80. The van der Waals surface area contributed by atoms with Gasteiger partial charge in [0.25, 0.3) is 5.91 Å². The first kappa shape index (κ1) is 12.0. The minimum absolute atomic E-state index is 0.00176. The molecule has 1 saturated carbocycles. The summed E-state index contributed by atoms with van der Waals surface area (Å²) in [6, 6.07) is 0. The van der Waals surface area contributed by atoms with Gasteiger partial charge in [-0.2, -0.15) is 0 Å². The molecule has 0 aromatic rings. The van der Waals surface area contributed by atoms with Crippen LogP contribution in [0.15, 0.2) is 0 Å². The number of carbonyl (C=O) groups is 2. The molecule has 0 radical (unpaired) electrons. The molecule has 100 valence electrons. The van der Waals surface area contributed by atoms with Crippen LogP contribution in [0.1, 0.15) is 25.7 Å². The van der Waals surface area contributed by atoms with Gasteiger partial charge < -0.3 is 14.7 Å². The highest BCUT2D eigenvalue weighted by atomic mass is 16.5. The number of amides is 1. The van der Waals surface area contributed by atoms with Crippen LogP contribution in [-0.2, 0) is 14.3 Å². The summed E-state index contributed by atoms with van der Waals surface area (Å²) in [7, 11) is 0. The Bertz CT molecular complexity index is 360. The predicted octanol–water partition coefficient (Wildman–Crippen LogP) is 0.735. The number of nitrogens with zero attached hydrogens (tertiary/aromatic N) is 1. The smallest absolute Gasteiger partial charge is 0.308 e. The molecule has 1 amide bonds. The van der Waals surface area contributed by atoms with Crippen molar-refractivity contribution in [1.82, 2.24) is 4.90 Å². The molecule has 3 rings (SSSR count). The molecular formula is C13H19NO4. The molecular weight excluding hydrogens is 234 g/mol. The van der Waals surface area contributed by atoms with E-state index in [1.807, 2.05) is 0 Å². The number of rotatable bonds is 3. The van der Waals surface area contributed by atoms with Crippen LogP contribution in [0.4, 0.5) is 0 Å². The fourth-order valence-electron chi connectivity index (χ4n) is 3.25. The van der Waals surface area contributed by atoms with Crippen LogP contribution in [0.2, 0.25) is 0 Å². The Morgan fingerprint density at radius 2 is 1.94 bits per heavy atom. The number of likely N-dealkylation sites (tertiary alicyclic amines) is 1. The first-order valence-electron chi connectivity index (χ1n) is 6.80. The minimum Gasteiger partial charge on any atom is -0.481 e. The van der Waals surface area contributed by atoms with Gasteiger partial charge >= 0.3 is 5.97 Å². The summed E-state index contributed by atoms with van der Waals surface area (Å²) in [5.41, 5.74) is 0. The summed E-state index contributed by atoms with van der Waals surface area (Å²) >= 11 is 0. The molecule has 2 saturated heterocycles. The van der Waals surface area contributed by atoms with Crippen molar-refractivity contribution >= 4 is 11.9 Å². The van der Waals surface area contributed by atoms with Crippen molar-refractivity contribution in [2.45, 2.75) is 31.8 Å². The zero-order valence-corrected chi connectivity index (χ0v) is 10.4. The van der Waals surface area contributed by atoms with E-state index in [1.165, 1.54) is 0 Å². The first-order chi connectivity index (χ1) is 8.66.